The topological polar surface area (TPSA) is 42.1 Å². The number of aromatic nitrogens is 1. The molecule has 14 heavy (non-hydrogen) atoms. The molecule has 0 saturated heterocycles. The Bertz CT molecular complexity index is 246. The first-order valence-electron chi connectivity index (χ1n) is 4.98. The lowest BCUT2D eigenvalue weighted by Crippen LogP contribution is -2.20. The quantitative estimate of drug-likeness (QED) is 0.760. The molecule has 1 heterocycles. The van der Waals surface area contributed by atoms with Gasteiger partial charge in [-0.3, -0.25) is 4.98 Å². The van der Waals surface area contributed by atoms with E-state index in [1.807, 2.05) is 24.5 Å². The zero-order chi connectivity index (χ0) is 10.4. The summed E-state index contributed by atoms with van der Waals surface area (Å²) in [5, 5.41) is 0. The van der Waals surface area contributed by atoms with Gasteiger partial charge < -0.3 is 10.6 Å². The van der Waals surface area contributed by atoms with Gasteiger partial charge in [-0.1, -0.05) is 0 Å². The summed E-state index contributed by atoms with van der Waals surface area (Å²) in [5.41, 5.74) is 7.05. The third-order valence-electron chi connectivity index (χ3n) is 2.39. The average molecular weight is 193 g/mol. The van der Waals surface area contributed by atoms with E-state index in [2.05, 4.69) is 24.0 Å². The fraction of sp³-hybridized carbons (Fsp3) is 0.545. The van der Waals surface area contributed by atoms with E-state index in [1.54, 1.807) is 0 Å². The fourth-order valence-electron chi connectivity index (χ4n) is 1.47. The monoisotopic (exact) mass is 193 g/mol. The molecule has 0 bridgehead atoms. The van der Waals surface area contributed by atoms with Gasteiger partial charge in [-0.15, -0.1) is 0 Å². The SMILES string of the molecule is CN(C)CCC(CN)c1ccncc1. The second-order valence-electron chi connectivity index (χ2n) is 3.81. The van der Waals surface area contributed by atoms with Crippen LogP contribution in [0.15, 0.2) is 24.5 Å². The molecule has 1 rings (SSSR count). The maximum Gasteiger partial charge on any atom is 0.0270 e. The van der Waals surface area contributed by atoms with Crippen molar-refractivity contribution in [2.24, 2.45) is 5.73 Å². The summed E-state index contributed by atoms with van der Waals surface area (Å²) in [6.45, 7) is 1.78. The average Bonchev–Trinajstić information content (AvgIpc) is 2.20. The Balaban J connectivity index is 2.54. The van der Waals surface area contributed by atoms with Crippen LogP contribution in [0.5, 0.6) is 0 Å². The van der Waals surface area contributed by atoms with Gasteiger partial charge in [0, 0.05) is 12.4 Å². The largest absolute Gasteiger partial charge is 0.330 e. The molecule has 2 N–H and O–H groups in total. The Morgan fingerprint density at radius 3 is 2.50 bits per heavy atom. The van der Waals surface area contributed by atoms with Crippen LogP contribution < -0.4 is 5.73 Å². The summed E-state index contributed by atoms with van der Waals surface area (Å²) >= 11 is 0. The lowest BCUT2D eigenvalue weighted by Gasteiger charge is -2.17. The highest BCUT2D eigenvalue weighted by Crippen LogP contribution is 2.17. The molecule has 0 fully saturated rings. The van der Waals surface area contributed by atoms with Crippen molar-refractivity contribution in [1.82, 2.24) is 9.88 Å². The zero-order valence-electron chi connectivity index (χ0n) is 8.98. The van der Waals surface area contributed by atoms with Gasteiger partial charge in [0.05, 0.1) is 0 Å². The molecule has 1 aromatic heterocycles. The van der Waals surface area contributed by atoms with Crippen LogP contribution in [0.4, 0.5) is 0 Å². The van der Waals surface area contributed by atoms with Crippen molar-refractivity contribution in [2.45, 2.75) is 12.3 Å². The van der Waals surface area contributed by atoms with Gasteiger partial charge in [-0.2, -0.15) is 0 Å². The molecule has 1 atom stereocenters. The number of rotatable bonds is 5. The molecule has 0 radical (unpaired) electrons. The maximum absolute atomic E-state index is 5.75. The van der Waals surface area contributed by atoms with Gasteiger partial charge in [0.2, 0.25) is 0 Å². The van der Waals surface area contributed by atoms with Crippen LogP contribution >= 0.6 is 0 Å². The molecule has 1 unspecified atom stereocenters. The first-order valence-corrected chi connectivity index (χ1v) is 4.98. The predicted molar refractivity (Wildman–Crippen MR) is 59.2 cm³/mol. The number of pyridine rings is 1. The Morgan fingerprint density at radius 2 is 2.00 bits per heavy atom. The van der Waals surface area contributed by atoms with Gasteiger partial charge in [-0.05, 0) is 57.2 Å². The molecule has 0 aliphatic rings. The molecule has 3 nitrogen and oxygen atoms in total. The van der Waals surface area contributed by atoms with Crippen LogP contribution in [0.3, 0.4) is 0 Å². The van der Waals surface area contributed by atoms with E-state index in [9.17, 15) is 0 Å². The van der Waals surface area contributed by atoms with Crippen molar-refractivity contribution in [2.75, 3.05) is 27.2 Å². The summed E-state index contributed by atoms with van der Waals surface area (Å²) in [6, 6.07) is 4.10. The number of nitrogens with zero attached hydrogens (tertiary/aromatic N) is 2. The Labute approximate surface area is 85.9 Å². The molecule has 3 heteroatoms. The van der Waals surface area contributed by atoms with Crippen LogP contribution in [-0.4, -0.2) is 37.1 Å². The minimum atomic E-state index is 0.459. The highest BCUT2D eigenvalue weighted by Gasteiger charge is 2.09. The molecule has 0 aliphatic carbocycles. The Morgan fingerprint density at radius 1 is 1.36 bits per heavy atom. The summed E-state index contributed by atoms with van der Waals surface area (Å²) in [6.07, 6.45) is 4.76. The predicted octanol–water partition coefficient (Wildman–Crippen LogP) is 1.08. The van der Waals surface area contributed by atoms with Crippen molar-refractivity contribution in [1.29, 1.82) is 0 Å². The van der Waals surface area contributed by atoms with Crippen LogP contribution in [0.25, 0.3) is 0 Å². The van der Waals surface area contributed by atoms with Crippen molar-refractivity contribution in [3.63, 3.8) is 0 Å². The first kappa shape index (κ1) is 11.1. The third-order valence-corrected chi connectivity index (χ3v) is 2.39. The van der Waals surface area contributed by atoms with Gasteiger partial charge in [0.15, 0.2) is 0 Å². The molecule has 1 aromatic rings. The van der Waals surface area contributed by atoms with Crippen LogP contribution in [-0.2, 0) is 0 Å². The Hall–Kier alpha value is -0.930. The fourth-order valence-corrected chi connectivity index (χ4v) is 1.47. The number of hydrogen-bond acceptors (Lipinski definition) is 3. The summed E-state index contributed by atoms with van der Waals surface area (Å²) in [5.74, 6) is 0.459. The van der Waals surface area contributed by atoms with Crippen molar-refractivity contribution >= 4 is 0 Å². The number of nitrogens with two attached hydrogens (primary N) is 1. The van der Waals surface area contributed by atoms with Crippen molar-refractivity contribution < 1.29 is 0 Å². The van der Waals surface area contributed by atoms with E-state index < -0.39 is 0 Å². The van der Waals surface area contributed by atoms with E-state index in [0.29, 0.717) is 12.5 Å². The van der Waals surface area contributed by atoms with Crippen LogP contribution in [0, 0.1) is 0 Å². The second kappa shape index (κ2) is 5.73. The molecule has 0 spiro atoms. The van der Waals surface area contributed by atoms with Gasteiger partial charge >= 0.3 is 0 Å². The molecule has 0 saturated carbocycles. The smallest absolute Gasteiger partial charge is 0.0270 e. The normalized spacial score (nSPS) is 13.1. The van der Waals surface area contributed by atoms with Crippen molar-refractivity contribution in [3.05, 3.63) is 30.1 Å². The Kier molecular flexibility index (Phi) is 4.56. The molecular formula is C11H19N3. The summed E-state index contributed by atoms with van der Waals surface area (Å²) in [4.78, 5) is 6.19. The summed E-state index contributed by atoms with van der Waals surface area (Å²) < 4.78 is 0. The zero-order valence-corrected chi connectivity index (χ0v) is 8.98. The van der Waals surface area contributed by atoms with Crippen LogP contribution in [0.2, 0.25) is 0 Å². The number of hydrogen-bond donors (Lipinski definition) is 1. The molecular weight excluding hydrogens is 174 g/mol. The van der Waals surface area contributed by atoms with E-state index in [-0.39, 0.29) is 0 Å². The third kappa shape index (κ3) is 3.44. The van der Waals surface area contributed by atoms with E-state index in [1.165, 1.54) is 5.56 Å². The highest BCUT2D eigenvalue weighted by molar-refractivity contribution is 5.16. The lowest BCUT2D eigenvalue weighted by atomic mass is 9.97. The van der Waals surface area contributed by atoms with E-state index in [4.69, 9.17) is 5.73 Å². The van der Waals surface area contributed by atoms with Gasteiger partial charge in [0.25, 0.3) is 0 Å². The van der Waals surface area contributed by atoms with E-state index in [0.717, 1.165) is 13.0 Å². The second-order valence-corrected chi connectivity index (χ2v) is 3.81. The van der Waals surface area contributed by atoms with E-state index >= 15 is 0 Å². The first-order chi connectivity index (χ1) is 6.74. The standard InChI is InChI=1S/C11H19N3/c1-14(2)8-5-11(9-12)10-3-6-13-7-4-10/h3-4,6-7,11H,5,8-9,12H2,1-2H3. The van der Waals surface area contributed by atoms with Gasteiger partial charge in [-0.25, -0.2) is 0 Å². The maximum atomic E-state index is 5.75. The van der Waals surface area contributed by atoms with Gasteiger partial charge in [0.1, 0.15) is 0 Å². The minimum Gasteiger partial charge on any atom is -0.330 e. The highest BCUT2D eigenvalue weighted by atomic mass is 15.0. The molecule has 0 amide bonds. The summed E-state index contributed by atoms with van der Waals surface area (Å²) in [7, 11) is 4.17. The van der Waals surface area contributed by atoms with Crippen LogP contribution in [0.1, 0.15) is 17.9 Å². The lowest BCUT2D eigenvalue weighted by molar-refractivity contribution is 0.382. The molecule has 0 aromatic carbocycles. The van der Waals surface area contributed by atoms with Crippen molar-refractivity contribution in [3.8, 4) is 0 Å². The molecule has 78 valence electrons. The molecule has 0 aliphatic heterocycles. The minimum absolute atomic E-state index is 0.459.